The lowest BCUT2D eigenvalue weighted by molar-refractivity contribution is -0.135. The molecule has 1 aliphatic heterocycles. The number of amides is 2. The zero-order valence-electron chi connectivity index (χ0n) is 15.2. The second-order valence-corrected chi connectivity index (χ2v) is 7.15. The molecule has 0 unspecified atom stereocenters. The Hall–Kier alpha value is -1.88. The summed E-state index contributed by atoms with van der Waals surface area (Å²) in [6, 6.07) is 7.00. The third-order valence-corrected chi connectivity index (χ3v) is 4.41. The predicted molar refractivity (Wildman–Crippen MR) is 96.0 cm³/mol. The van der Waals surface area contributed by atoms with Gasteiger partial charge >= 0.3 is 0 Å². The monoisotopic (exact) mass is 331 g/mol. The molecule has 5 nitrogen and oxygen atoms in total. The highest BCUT2D eigenvalue weighted by molar-refractivity contribution is 5.97. The van der Waals surface area contributed by atoms with Crippen molar-refractivity contribution in [3.63, 3.8) is 0 Å². The van der Waals surface area contributed by atoms with E-state index < -0.39 is 6.04 Å². The van der Waals surface area contributed by atoms with Crippen molar-refractivity contribution in [3.05, 3.63) is 35.4 Å². The molecule has 1 aromatic rings. The fraction of sp³-hybridized carbons (Fsp3) is 0.579. The summed E-state index contributed by atoms with van der Waals surface area (Å²) in [6.45, 7) is 9.32. The van der Waals surface area contributed by atoms with E-state index in [0.717, 1.165) is 31.7 Å². The number of piperazine rings is 1. The number of aryl methyl sites for hydroxylation is 1. The summed E-state index contributed by atoms with van der Waals surface area (Å²) in [6.07, 6.45) is 0.655. The maximum atomic E-state index is 12.9. The molecule has 2 rings (SSSR count). The van der Waals surface area contributed by atoms with Gasteiger partial charge in [0, 0.05) is 31.7 Å². The summed E-state index contributed by atoms with van der Waals surface area (Å²) >= 11 is 0. The van der Waals surface area contributed by atoms with Crippen LogP contribution in [0, 0.1) is 12.8 Å². The van der Waals surface area contributed by atoms with Crippen LogP contribution in [0.3, 0.4) is 0 Å². The third kappa shape index (κ3) is 5.06. The Morgan fingerprint density at radius 3 is 2.42 bits per heavy atom. The van der Waals surface area contributed by atoms with E-state index in [0.29, 0.717) is 17.9 Å². The molecule has 2 amide bonds. The highest BCUT2D eigenvalue weighted by atomic mass is 16.2. The molecular weight excluding hydrogens is 302 g/mol. The molecule has 1 heterocycles. The molecule has 0 saturated carbocycles. The van der Waals surface area contributed by atoms with Crippen molar-refractivity contribution in [1.29, 1.82) is 0 Å². The minimum atomic E-state index is -0.457. The third-order valence-electron chi connectivity index (χ3n) is 4.41. The molecule has 1 saturated heterocycles. The van der Waals surface area contributed by atoms with E-state index in [9.17, 15) is 9.59 Å². The second kappa shape index (κ2) is 8.29. The predicted octanol–water partition coefficient (Wildman–Crippen LogP) is 1.91. The Morgan fingerprint density at radius 1 is 1.17 bits per heavy atom. The van der Waals surface area contributed by atoms with E-state index in [1.165, 1.54) is 0 Å². The largest absolute Gasteiger partial charge is 0.340 e. The van der Waals surface area contributed by atoms with Gasteiger partial charge in [0.25, 0.3) is 5.91 Å². The molecule has 1 aromatic carbocycles. The quantitative estimate of drug-likeness (QED) is 0.897. The summed E-state index contributed by atoms with van der Waals surface area (Å²) in [7, 11) is 2.06. The highest BCUT2D eigenvalue weighted by Crippen LogP contribution is 2.12. The number of hydrogen-bond donors (Lipinski definition) is 1. The topological polar surface area (TPSA) is 52.7 Å². The van der Waals surface area contributed by atoms with Crippen molar-refractivity contribution < 1.29 is 9.59 Å². The minimum absolute atomic E-state index is 0.0396. The van der Waals surface area contributed by atoms with E-state index in [2.05, 4.69) is 31.1 Å². The van der Waals surface area contributed by atoms with Crippen molar-refractivity contribution in [2.24, 2.45) is 5.92 Å². The van der Waals surface area contributed by atoms with Crippen LogP contribution >= 0.6 is 0 Å². The van der Waals surface area contributed by atoms with Crippen molar-refractivity contribution in [1.82, 2.24) is 15.1 Å². The molecule has 0 radical (unpaired) electrons. The maximum absolute atomic E-state index is 12.9. The fourth-order valence-electron chi connectivity index (χ4n) is 2.97. The van der Waals surface area contributed by atoms with Crippen LogP contribution in [-0.2, 0) is 4.79 Å². The lowest BCUT2D eigenvalue weighted by atomic mass is 10.0. The molecular formula is C19H29N3O2. The summed E-state index contributed by atoms with van der Waals surface area (Å²) in [5.41, 5.74) is 1.64. The number of carbonyl (C=O) groups is 2. The first-order valence-electron chi connectivity index (χ1n) is 8.71. The summed E-state index contributed by atoms with van der Waals surface area (Å²) < 4.78 is 0. The Bertz CT molecular complexity index is 578. The first kappa shape index (κ1) is 18.5. The average molecular weight is 331 g/mol. The fourth-order valence-corrected chi connectivity index (χ4v) is 2.97. The van der Waals surface area contributed by atoms with Crippen LogP contribution in [0.4, 0.5) is 0 Å². The highest BCUT2D eigenvalue weighted by Gasteiger charge is 2.28. The minimum Gasteiger partial charge on any atom is -0.340 e. The van der Waals surface area contributed by atoms with Gasteiger partial charge in [0.05, 0.1) is 0 Å². The van der Waals surface area contributed by atoms with E-state index in [1.54, 1.807) is 6.07 Å². The van der Waals surface area contributed by atoms with Gasteiger partial charge < -0.3 is 15.1 Å². The molecule has 132 valence electrons. The Balaban J connectivity index is 2.07. The molecule has 0 spiro atoms. The number of nitrogens with zero attached hydrogens (tertiary/aromatic N) is 2. The lowest BCUT2D eigenvalue weighted by Gasteiger charge is -2.35. The van der Waals surface area contributed by atoms with Gasteiger partial charge in [-0.3, -0.25) is 9.59 Å². The van der Waals surface area contributed by atoms with Gasteiger partial charge in [-0.25, -0.2) is 0 Å². The van der Waals surface area contributed by atoms with Crippen LogP contribution in [-0.4, -0.2) is 60.9 Å². The lowest BCUT2D eigenvalue weighted by Crippen LogP contribution is -2.54. The second-order valence-electron chi connectivity index (χ2n) is 7.15. The molecule has 1 atom stereocenters. The Labute approximate surface area is 145 Å². The van der Waals surface area contributed by atoms with Gasteiger partial charge in [-0.05, 0) is 38.4 Å². The van der Waals surface area contributed by atoms with Crippen molar-refractivity contribution in [2.75, 3.05) is 33.2 Å². The van der Waals surface area contributed by atoms with E-state index >= 15 is 0 Å². The normalized spacial score (nSPS) is 17.0. The van der Waals surface area contributed by atoms with Crippen LogP contribution in [0.2, 0.25) is 0 Å². The van der Waals surface area contributed by atoms with E-state index in [1.807, 2.05) is 30.0 Å². The average Bonchev–Trinajstić information content (AvgIpc) is 2.54. The van der Waals surface area contributed by atoms with Gasteiger partial charge in [-0.15, -0.1) is 0 Å². The molecule has 0 bridgehead atoms. The van der Waals surface area contributed by atoms with E-state index in [4.69, 9.17) is 0 Å². The van der Waals surface area contributed by atoms with Gasteiger partial charge in [0.1, 0.15) is 6.04 Å². The number of carbonyl (C=O) groups excluding carboxylic acids is 2. The van der Waals surface area contributed by atoms with Crippen LogP contribution in [0.1, 0.15) is 36.2 Å². The molecule has 24 heavy (non-hydrogen) atoms. The number of rotatable bonds is 5. The van der Waals surface area contributed by atoms with Crippen molar-refractivity contribution in [2.45, 2.75) is 33.2 Å². The zero-order chi connectivity index (χ0) is 17.7. The van der Waals surface area contributed by atoms with Crippen LogP contribution in [0.25, 0.3) is 0 Å². The van der Waals surface area contributed by atoms with Crippen LogP contribution in [0.5, 0.6) is 0 Å². The molecule has 0 aliphatic carbocycles. The van der Waals surface area contributed by atoms with Gasteiger partial charge in [-0.1, -0.05) is 31.5 Å². The molecule has 1 fully saturated rings. The van der Waals surface area contributed by atoms with Gasteiger partial charge in [0.15, 0.2) is 0 Å². The Morgan fingerprint density at radius 2 is 1.83 bits per heavy atom. The first-order valence-corrected chi connectivity index (χ1v) is 8.71. The van der Waals surface area contributed by atoms with Gasteiger partial charge in [-0.2, -0.15) is 0 Å². The SMILES string of the molecule is Cc1cccc(C(=O)N[C@H](CC(C)C)C(=O)N2CCN(C)CC2)c1. The Kier molecular flexibility index (Phi) is 6.37. The first-order chi connectivity index (χ1) is 11.4. The maximum Gasteiger partial charge on any atom is 0.251 e. The van der Waals surface area contributed by atoms with Crippen LogP contribution < -0.4 is 5.32 Å². The van der Waals surface area contributed by atoms with Crippen LogP contribution in [0.15, 0.2) is 24.3 Å². The van der Waals surface area contributed by atoms with E-state index in [-0.39, 0.29) is 11.8 Å². The smallest absolute Gasteiger partial charge is 0.251 e. The van der Waals surface area contributed by atoms with Gasteiger partial charge in [0.2, 0.25) is 5.91 Å². The molecule has 1 aliphatic rings. The number of benzene rings is 1. The number of likely N-dealkylation sites (N-methyl/N-ethyl adjacent to an activating group) is 1. The zero-order valence-corrected chi connectivity index (χ0v) is 15.2. The number of hydrogen-bond acceptors (Lipinski definition) is 3. The molecule has 0 aromatic heterocycles. The van der Waals surface area contributed by atoms with Crippen molar-refractivity contribution in [3.8, 4) is 0 Å². The molecule has 1 N–H and O–H groups in total. The standard InChI is InChI=1S/C19H29N3O2/c1-14(2)12-17(19(24)22-10-8-21(4)9-11-22)20-18(23)16-7-5-6-15(3)13-16/h5-7,13-14,17H,8-12H2,1-4H3,(H,20,23)/t17-/m1/s1. The van der Waals surface area contributed by atoms with Crippen molar-refractivity contribution >= 4 is 11.8 Å². The summed E-state index contributed by atoms with van der Waals surface area (Å²) in [5.74, 6) is 0.203. The summed E-state index contributed by atoms with van der Waals surface area (Å²) in [5, 5.41) is 2.96. The molecule has 5 heteroatoms. The number of nitrogens with one attached hydrogen (secondary N) is 1. The summed E-state index contributed by atoms with van der Waals surface area (Å²) in [4.78, 5) is 29.5.